The van der Waals surface area contributed by atoms with E-state index in [2.05, 4.69) is 18.2 Å². The van der Waals surface area contributed by atoms with Crippen molar-refractivity contribution in [3.05, 3.63) is 108 Å². The first-order chi connectivity index (χ1) is 16.5. The summed E-state index contributed by atoms with van der Waals surface area (Å²) in [6.45, 7) is 4.07. The summed E-state index contributed by atoms with van der Waals surface area (Å²) in [5, 5.41) is 0. The van der Waals surface area contributed by atoms with Crippen molar-refractivity contribution in [3.8, 4) is 0 Å². The van der Waals surface area contributed by atoms with Gasteiger partial charge in [-0.15, -0.1) is 0 Å². The topological polar surface area (TPSA) is 78.9 Å². The maximum atomic E-state index is 13.1. The van der Waals surface area contributed by atoms with Crippen LogP contribution in [0.3, 0.4) is 0 Å². The van der Waals surface area contributed by atoms with Gasteiger partial charge in [-0.2, -0.15) is 0 Å². The molecule has 1 fully saturated rings. The van der Waals surface area contributed by atoms with Gasteiger partial charge in [-0.1, -0.05) is 55.5 Å². The number of benzene rings is 1. The van der Waals surface area contributed by atoms with Crippen molar-refractivity contribution >= 4 is 11.9 Å². The highest BCUT2D eigenvalue weighted by atomic mass is 16.6. The third-order valence-corrected chi connectivity index (χ3v) is 6.92. The first-order valence-corrected chi connectivity index (χ1v) is 11.4. The zero-order valence-corrected chi connectivity index (χ0v) is 19.0. The highest BCUT2D eigenvalue weighted by Crippen LogP contribution is 2.50. The van der Waals surface area contributed by atoms with Gasteiger partial charge in [-0.3, -0.25) is 0 Å². The average molecular weight is 459 g/mol. The van der Waals surface area contributed by atoms with Gasteiger partial charge in [0.05, 0.1) is 12.5 Å². The van der Waals surface area contributed by atoms with Gasteiger partial charge in [0.2, 0.25) is 11.5 Å². The molecule has 1 saturated carbocycles. The summed E-state index contributed by atoms with van der Waals surface area (Å²) < 4.78 is 22.7. The molecule has 5 unspecified atom stereocenters. The van der Waals surface area contributed by atoms with Gasteiger partial charge in [0.25, 0.3) is 0 Å². The SMILES string of the molecule is Cc1ccccc1C1C(OC(=O)c2ccco2)C(OC(=O)c2ccco2)C(C)[C@@H]2C=CC=CC12. The zero-order valence-electron chi connectivity index (χ0n) is 19.0. The Kier molecular flexibility index (Phi) is 5.97. The fourth-order valence-electron chi connectivity index (χ4n) is 5.28. The van der Waals surface area contributed by atoms with Gasteiger partial charge in [0.15, 0.2) is 0 Å². The first kappa shape index (κ1) is 22.0. The summed E-state index contributed by atoms with van der Waals surface area (Å²) in [4.78, 5) is 26.0. The standard InChI is InChI=1S/C28H26O6/c1-17-9-3-4-10-19(17)24-21-12-6-5-11-20(21)18(2)25(33-27(29)22-13-7-15-31-22)26(24)34-28(30)23-14-8-16-32-23/h3-16,18,20-21,24-26H,1-2H3/t18?,20-,21?,24?,25?,26?/m0/s1. The molecular weight excluding hydrogens is 432 g/mol. The quantitative estimate of drug-likeness (QED) is 0.455. The molecule has 0 saturated heterocycles. The number of carbonyl (C=O) groups excluding carboxylic acids is 2. The van der Waals surface area contributed by atoms with E-state index in [1.54, 1.807) is 24.3 Å². The van der Waals surface area contributed by atoms with E-state index in [1.165, 1.54) is 12.5 Å². The van der Waals surface area contributed by atoms with Crippen molar-refractivity contribution < 1.29 is 27.9 Å². The molecule has 2 aliphatic carbocycles. The largest absolute Gasteiger partial charge is 0.457 e. The predicted molar refractivity (Wildman–Crippen MR) is 124 cm³/mol. The molecule has 2 aliphatic rings. The Hall–Kier alpha value is -3.80. The minimum atomic E-state index is -0.731. The molecule has 2 heterocycles. The van der Waals surface area contributed by atoms with Crippen LogP contribution in [-0.4, -0.2) is 24.1 Å². The Bertz CT molecular complexity index is 1200. The molecular formula is C28H26O6. The minimum Gasteiger partial charge on any atom is -0.457 e. The van der Waals surface area contributed by atoms with Gasteiger partial charge < -0.3 is 18.3 Å². The minimum absolute atomic E-state index is 0.0639. The maximum absolute atomic E-state index is 13.1. The molecule has 3 aromatic rings. The zero-order chi connectivity index (χ0) is 23.7. The highest BCUT2D eigenvalue weighted by molar-refractivity contribution is 5.87. The third kappa shape index (κ3) is 4.00. The molecule has 174 valence electrons. The Morgan fingerprint density at radius 3 is 1.94 bits per heavy atom. The monoisotopic (exact) mass is 458 g/mol. The van der Waals surface area contributed by atoms with Crippen LogP contribution in [-0.2, 0) is 9.47 Å². The van der Waals surface area contributed by atoms with Crippen LogP contribution in [0.5, 0.6) is 0 Å². The van der Waals surface area contributed by atoms with Crippen molar-refractivity contribution in [1.29, 1.82) is 0 Å². The third-order valence-electron chi connectivity index (χ3n) is 6.92. The summed E-state index contributed by atoms with van der Waals surface area (Å²) in [7, 11) is 0. The molecule has 6 nitrogen and oxygen atoms in total. The second-order valence-corrected chi connectivity index (χ2v) is 8.86. The average Bonchev–Trinajstić information content (AvgIpc) is 3.57. The normalized spacial score (nSPS) is 27.7. The molecule has 0 amide bonds. The van der Waals surface area contributed by atoms with Gasteiger partial charge in [0, 0.05) is 11.8 Å². The number of esters is 2. The molecule has 2 aromatic heterocycles. The lowest BCUT2D eigenvalue weighted by Gasteiger charge is -2.49. The van der Waals surface area contributed by atoms with E-state index in [0.29, 0.717) is 0 Å². The molecule has 0 radical (unpaired) electrons. The number of rotatable bonds is 5. The van der Waals surface area contributed by atoms with Crippen LogP contribution in [0.2, 0.25) is 0 Å². The van der Waals surface area contributed by atoms with Gasteiger partial charge in [0.1, 0.15) is 12.2 Å². The summed E-state index contributed by atoms with van der Waals surface area (Å²) in [6.07, 6.45) is 9.79. The van der Waals surface area contributed by atoms with Crippen LogP contribution in [0.25, 0.3) is 0 Å². The highest BCUT2D eigenvalue weighted by Gasteiger charge is 2.52. The van der Waals surface area contributed by atoms with E-state index >= 15 is 0 Å². The lowest BCUT2D eigenvalue weighted by Crippen LogP contribution is -2.53. The van der Waals surface area contributed by atoms with Crippen molar-refractivity contribution in [3.63, 3.8) is 0 Å². The number of allylic oxidation sites excluding steroid dienone is 4. The van der Waals surface area contributed by atoms with Crippen LogP contribution in [0.15, 0.2) is 94.2 Å². The molecule has 1 aromatic carbocycles. The van der Waals surface area contributed by atoms with Crippen molar-refractivity contribution in [1.82, 2.24) is 0 Å². The predicted octanol–water partition coefficient (Wildman–Crippen LogP) is 5.72. The second kappa shape index (κ2) is 9.21. The van der Waals surface area contributed by atoms with Crippen LogP contribution >= 0.6 is 0 Å². The van der Waals surface area contributed by atoms with E-state index in [1.807, 2.05) is 44.2 Å². The fourth-order valence-corrected chi connectivity index (χ4v) is 5.28. The molecule has 0 N–H and O–H groups in total. The molecule has 5 rings (SSSR count). The number of furan rings is 2. The fraction of sp³-hybridized carbons (Fsp3) is 0.286. The van der Waals surface area contributed by atoms with E-state index in [9.17, 15) is 9.59 Å². The Morgan fingerprint density at radius 2 is 1.35 bits per heavy atom. The van der Waals surface area contributed by atoms with Crippen LogP contribution < -0.4 is 0 Å². The van der Waals surface area contributed by atoms with Crippen LogP contribution in [0, 0.1) is 24.7 Å². The van der Waals surface area contributed by atoms with E-state index in [-0.39, 0.29) is 35.2 Å². The van der Waals surface area contributed by atoms with E-state index in [0.717, 1.165) is 11.1 Å². The van der Waals surface area contributed by atoms with Crippen molar-refractivity contribution in [2.45, 2.75) is 32.0 Å². The Labute approximate surface area is 197 Å². The smallest absolute Gasteiger partial charge is 0.374 e. The van der Waals surface area contributed by atoms with Crippen LogP contribution in [0.4, 0.5) is 0 Å². The Balaban J connectivity index is 1.58. The number of hydrogen-bond acceptors (Lipinski definition) is 6. The number of fused-ring (bicyclic) bond motifs is 1. The summed E-state index contributed by atoms with van der Waals surface area (Å²) >= 11 is 0. The van der Waals surface area contributed by atoms with Crippen LogP contribution in [0.1, 0.15) is 45.1 Å². The number of aryl methyl sites for hydroxylation is 1. The number of ether oxygens (including phenoxy) is 2. The van der Waals surface area contributed by atoms with Gasteiger partial charge >= 0.3 is 11.9 Å². The molecule has 0 aliphatic heterocycles. The maximum Gasteiger partial charge on any atom is 0.374 e. The first-order valence-electron chi connectivity index (χ1n) is 11.4. The molecule has 6 heteroatoms. The second-order valence-electron chi connectivity index (χ2n) is 8.86. The lowest BCUT2D eigenvalue weighted by molar-refractivity contribution is -0.101. The molecule has 0 spiro atoms. The molecule has 34 heavy (non-hydrogen) atoms. The number of carbonyl (C=O) groups is 2. The van der Waals surface area contributed by atoms with E-state index in [4.69, 9.17) is 18.3 Å². The molecule has 0 bridgehead atoms. The summed E-state index contributed by atoms with van der Waals surface area (Å²) in [6, 6.07) is 14.5. The summed E-state index contributed by atoms with van der Waals surface area (Å²) in [5.74, 6) is -1.13. The van der Waals surface area contributed by atoms with Crippen molar-refractivity contribution in [2.75, 3.05) is 0 Å². The molecule has 6 atom stereocenters. The van der Waals surface area contributed by atoms with Crippen molar-refractivity contribution in [2.24, 2.45) is 17.8 Å². The lowest BCUT2D eigenvalue weighted by atomic mass is 9.60. The van der Waals surface area contributed by atoms with E-state index < -0.39 is 24.1 Å². The number of hydrogen-bond donors (Lipinski definition) is 0. The van der Waals surface area contributed by atoms with Gasteiger partial charge in [-0.05, 0) is 54.2 Å². The summed E-state index contributed by atoms with van der Waals surface area (Å²) in [5.41, 5.74) is 2.14. The van der Waals surface area contributed by atoms with Gasteiger partial charge in [-0.25, -0.2) is 9.59 Å². The Morgan fingerprint density at radius 1 is 0.765 bits per heavy atom.